The molecule has 0 aliphatic rings. The van der Waals surface area contributed by atoms with Gasteiger partial charge in [-0.15, -0.1) is 0 Å². The molecule has 15 heavy (non-hydrogen) atoms. The summed E-state index contributed by atoms with van der Waals surface area (Å²) in [5, 5.41) is 2.75. The second-order valence-corrected chi connectivity index (χ2v) is 3.07. The number of pyridine rings is 1. The average molecular weight is 209 g/mol. The van der Waals surface area contributed by atoms with E-state index in [9.17, 15) is 4.79 Å². The van der Waals surface area contributed by atoms with Gasteiger partial charge in [0, 0.05) is 26.5 Å². The first-order valence-electron chi connectivity index (χ1n) is 4.72. The SMILES string of the molecule is COCCCNC(=O)c1ccc(N)nc1. The van der Waals surface area contributed by atoms with Crippen LogP contribution in [0.25, 0.3) is 0 Å². The molecule has 0 saturated carbocycles. The summed E-state index contributed by atoms with van der Waals surface area (Å²) in [4.78, 5) is 15.3. The number of anilines is 1. The Morgan fingerprint density at radius 3 is 3.00 bits per heavy atom. The van der Waals surface area contributed by atoms with Crippen LogP contribution in [0.15, 0.2) is 18.3 Å². The molecule has 5 nitrogen and oxygen atoms in total. The highest BCUT2D eigenvalue weighted by molar-refractivity contribution is 5.93. The van der Waals surface area contributed by atoms with Crippen molar-refractivity contribution in [3.05, 3.63) is 23.9 Å². The van der Waals surface area contributed by atoms with Crippen molar-refractivity contribution in [3.8, 4) is 0 Å². The smallest absolute Gasteiger partial charge is 0.252 e. The molecular weight excluding hydrogens is 194 g/mol. The molecule has 0 spiro atoms. The summed E-state index contributed by atoms with van der Waals surface area (Å²) < 4.78 is 4.86. The van der Waals surface area contributed by atoms with Gasteiger partial charge >= 0.3 is 0 Å². The predicted octanol–water partition coefficient (Wildman–Crippen LogP) is 0.430. The third kappa shape index (κ3) is 3.95. The summed E-state index contributed by atoms with van der Waals surface area (Å²) >= 11 is 0. The lowest BCUT2D eigenvalue weighted by atomic mass is 10.2. The van der Waals surface area contributed by atoms with Crippen molar-refractivity contribution < 1.29 is 9.53 Å². The molecule has 82 valence electrons. The molecule has 5 heteroatoms. The summed E-state index contributed by atoms with van der Waals surface area (Å²) in [6, 6.07) is 3.25. The Morgan fingerprint density at radius 2 is 2.40 bits per heavy atom. The fourth-order valence-corrected chi connectivity index (χ4v) is 1.06. The highest BCUT2D eigenvalue weighted by Crippen LogP contribution is 2.00. The largest absolute Gasteiger partial charge is 0.385 e. The molecule has 0 radical (unpaired) electrons. The van der Waals surface area contributed by atoms with Crippen molar-refractivity contribution in [1.82, 2.24) is 10.3 Å². The van der Waals surface area contributed by atoms with E-state index in [0.717, 1.165) is 6.42 Å². The number of hydrogen-bond acceptors (Lipinski definition) is 4. The predicted molar refractivity (Wildman–Crippen MR) is 57.5 cm³/mol. The zero-order valence-electron chi connectivity index (χ0n) is 8.69. The molecular formula is C10H15N3O2. The van der Waals surface area contributed by atoms with Crippen molar-refractivity contribution in [2.45, 2.75) is 6.42 Å². The molecule has 0 aliphatic heterocycles. The topological polar surface area (TPSA) is 77.2 Å². The second-order valence-electron chi connectivity index (χ2n) is 3.07. The molecule has 0 aromatic carbocycles. The number of nitrogen functional groups attached to an aromatic ring is 1. The Bertz CT molecular complexity index is 311. The molecule has 0 aliphatic carbocycles. The van der Waals surface area contributed by atoms with E-state index in [-0.39, 0.29) is 5.91 Å². The standard InChI is InChI=1S/C10H15N3O2/c1-15-6-2-5-12-10(14)8-3-4-9(11)13-7-8/h3-4,7H,2,5-6H2,1H3,(H2,11,13)(H,12,14). The number of carbonyl (C=O) groups excluding carboxylic acids is 1. The van der Waals surface area contributed by atoms with Crippen molar-refractivity contribution in [3.63, 3.8) is 0 Å². The first kappa shape index (κ1) is 11.5. The number of amides is 1. The van der Waals surface area contributed by atoms with E-state index in [4.69, 9.17) is 10.5 Å². The number of carbonyl (C=O) groups is 1. The minimum absolute atomic E-state index is 0.140. The Labute approximate surface area is 88.6 Å². The highest BCUT2D eigenvalue weighted by Gasteiger charge is 2.03. The Balaban J connectivity index is 2.37. The monoisotopic (exact) mass is 209 g/mol. The number of nitrogens with two attached hydrogens (primary N) is 1. The first-order chi connectivity index (χ1) is 7.24. The van der Waals surface area contributed by atoms with Gasteiger partial charge in [0.2, 0.25) is 0 Å². The average Bonchev–Trinajstić information content (AvgIpc) is 2.25. The number of nitrogens with one attached hydrogen (secondary N) is 1. The van der Waals surface area contributed by atoms with Gasteiger partial charge in [-0.3, -0.25) is 4.79 Å². The summed E-state index contributed by atoms with van der Waals surface area (Å²) in [5.74, 6) is 0.268. The van der Waals surface area contributed by atoms with Crippen LogP contribution in [0.2, 0.25) is 0 Å². The number of hydrogen-bond donors (Lipinski definition) is 2. The lowest BCUT2D eigenvalue weighted by Crippen LogP contribution is -2.25. The van der Waals surface area contributed by atoms with Crippen LogP contribution < -0.4 is 11.1 Å². The number of rotatable bonds is 5. The van der Waals surface area contributed by atoms with Crippen molar-refractivity contribution in [1.29, 1.82) is 0 Å². The third-order valence-corrected chi connectivity index (χ3v) is 1.86. The van der Waals surface area contributed by atoms with Crippen LogP contribution in [0.4, 0.5) is 5.82 Å². The molecule has 0 atom stereocenters. The van der Waals surface area contributed by atoms with Gasteiger partial charge in [0.05, 0.1) is 5.56 Å². The molecule has 1 aromatic rings. The maximum absolute atomic E-state index is 11.5. The summed E-state index contributed by atoms with van der Waals surface area (Å²) in [7, 11) is 1.63. The molecule has 1 rings (SSSR count). The number of methoxy groups -OCH3 is 1. The second kappa shape index (κ2) is 5.98. The highest BCUT2D eigenvalue weighted by atomic mass is 16.5. The summed E-state index contributed by atoms with van der Waals surface area (Å²) in [6.07, 6.45) is 2.26. The van der Waals surface area contributed by atoms with Crippen molar-refractivity contribution >= 4 is 11.7 Å². The molecule has 0 unspecified atom stereocenters. The fourth-order valence-electron chi connectivity index (χ4n) is 1.06. The lowest BCUT2D eigenvalue weighted by Gasteiger charge is -2.04. The van der Waals surface area contributed by atoms with Crippen molar-refractivity contribution in [2.24, 2.45) is 0 Å². The van der Waals surface area contributed by atoms with Gasteiger partial charge in [-0.2, -0.15) is 0 Å². The zero-order valence-corrected chi connectivity index (χ0v) is 8.69. The van der Waals surface area contributed by atoms with Gasteiger partial charge < -0.3 is 15.8 Å². The van der Waals surface area contributed by atoms with E-state index in [0.29, 0.717) is 24.5 Å². The van der Waals surface area contributed by atoms with Crippen LogP contribution in [0.3, 0.4) is 0 Å². The van der Waals surface area contributed by atoms with E-state index in [1.54, 1.807) is 19.2 Å². The van der Waals surface area contributed by atoms with E-state index in [1.165, 1.54) is 6.20 Å². The summed E-state index contributed by atoms with van der Waals surface area (Å²) in [5.41, 5.74) is 5.92. The van der Waals surface area contributed by atoms with Gasteiger partial charge in [0.15, 0.2) is 0 Å². The minimum atomic E-state index is -0.140. The van der Waals surface area contributed by atoms with Crippen LogP contribution in [0.5, 0.6) is 0 Å². The first-order valence-corrected chi connectivity index (χ1v) is 4.72. The van der Waals surface area contributed by atoms with E-state index in [1.807, 2.05) is 0 Å². The maximum atomic E-state index is 11.5. The van der Waals surface area contributed by atoms with Crippen LogP contribution >= 0.6 is 0 Å². The zero-order chi connectivity index (χ0) is 11.1. The number of aromatic nitrogens is 1. The number of nitrogens with zero attached hydrogens (tertiary/aromatic N) is 1. The normalized spacial score (nSPS) is 9.93. The van der Waals surface area contributed by atoms with Gasteiger partial charge in [0.25, 0.3) is 5.91 Å². The Hall–Kier alpha value is -1.62. The van der Waals surface area contributed by atoms with Gasteiger partial charge in [0.1, 0.15) is 5.82 Å². The van der Waals surface area contributed by atoms with E-state index in [2.05, 4.69) is 10.3 Å². The van der Waals surface area contributed by atoms with Gasteiger partial charge in [-0.05, 0) is 18.6 Å². The van der Waals surface area contributed by atoms with E-state index >= 15 is 0 Å². The van der Waals surface area contributed by atoms with Crippen LogP contribution in [-0.2, 0) is 4.74 Å². The molecule has 0 saturated heterocycles. The molecule has 3 N–H and O–H groups in total. The minimum Gasteiger partial charge on any atom is -0.385 e. The van der Waals surface area contributed by atoms with Gasteiger partial charge in [-0.1, -0.05) is 0 Å². The fraction of sp³-hybridized carbons (Fsp3) is 0.400. The van der Waals surface area contributed by atoms with Crippen LogP contribution in [0, 0.1) is 0 Å². The van der Waals surface area contributed by atoms with E-state index < -0.39 is 0 Å². The molecule has 1 amide bonds. The van der Waals surface area contributed by atoms with Gasteiger partial charge in [-0.25, -0.2) is 4.98 Å². The van der Waals surface area contributed by atoms with Crippen LogP contribution in [0.1, 0.15) is 16.8 Å². The molecule has 0 bridgehead atoms. The molecule has 1 heterocycles. The van der Waals surface area contributed by atoms with Crippen LogP contribution in [-0.4, -0.2) is 31.2 Å². The Morgan fingerprint density at radius 1 is 1.60 bits per heavy atom. The van der Waals surface area contributed by atoms with Crippen molar-refractivity contribution in [2.75, 3.05) is 26.0 Å². The number of ether oxygens (including phenoxy) is 1. The molecule has 0 fully saturated rings. The molecule has 1 aromatic heterocycles. The third-order valence-electron chi connectivity index (χ3n) is 1.86. The Kier molecular flexibility index (Phi) is 4.56. The lowest BCUT2D eigenvalue weighted by molar-refractivity contribution is 0.0948. The summed E-state index contributed by atoms with van der Waals surface area (Å²) in [6.45, 7) is 1.23. The quantitative estimate of drug-likeness (QED) is 0.689. The maximum Gasteiger partial charge on any atom is 0.252 e.